The number of thiophene rings is 1. The van der Waals surface area contributed by atoms with Gasteiger partial charge in [0.2, 0.25) is 0 Å². The van der Waals surface area contributed by atoms with Gasteiger partial charge in [0.1, 0.15) is 10.6 Å². The summed E-state index contributed by atoms with van der Waals surface area (Å²) in [4.78, 5) is 24.2. The van der Waals surface area contributed by atoms with Gasteiger partial charge >= 0.3 is 5.97 Å². The fourth-order valence-electron chi connectivity index (χ4n) is 1.73. The minimum absolute atomic E-state index is 0.303. The van der Waals surface area contributed by atoms with E-state index in [0.29, 0.717) is 16.8 Å². The van der Waals surface area contributed by atoms with Crippen molar-refractivity contribution in [2.45, 2.75) is 13.5 Å². The third-order valence-corrected chi connectivity index (χ3v) is 3.48. The number of nitrogens with zero attached hydrogens (tertiary/aromatic N) is 1. The lowest BCUT2D eigenvalue weighted by Gasteiger charge is -2.09. The first-order valence-electron chi connectivity index (χ1n) is 5.03. The Morgan fingerprint density at radius 2 is 2.29 bits per heavy atom. The Bertz CT molecular complexity index is 641. The van der Waals surface area contributed by atoms with Crippen LogP contribution in [0.25, 0.3) is 10.2 Å². The van der Waals surface area contributed by atoms with Gasteiger partial charge in [0.05, 0.1) is 12.5 Å². The first-order valence-corrected chi connectivity index (χ1v) is 5.91. The van der Waals surface area contributed by atoms with E-state index >= 15 is 0 Å². The van der Waals surface area contributed by atoms with Crippen LogP contribution in [0.4, 0.5) is 0 Å². The molecule has 17 heavy (non-hydrogen) atoms. The minimum Gasteiger partial charge on any atom is -0.506 e. The van der Waals surface area contributed by atoms with Crippen LogP contribution in [-0.4, -0.2) is 22.8 Å². The van der Waals surface area contributed by atoms with Crippen molar-refractivity contribution in [1.82, 2.24) is 4.57 Å². The number of ether oxygens (including phenoxy) is 1. The molecule has 0 saturated heterocycles. The molecule has 0 amide bonds. The van der Waals surface area contributed by atoms with Crippen molar-refractivity contribution in [3.63, 3.8) is 0 Å². The molecule has 1 N–H and O–H groups in total. The van der Waals surface area contributed by atoms with Crippen LogP contribution in [0.3, 0.4) is 0 Å². The molecule has 2 aromatic rings. The maximum absolute atomic E-state index is 12.0. The third-order valence-electron chi connectivity index (χ3n) is 2.55. The molecule has 5 nitrogen and oxygen atoms in total. The standard InChI is InChI=1S/C11H11NO4S/c1-3-12-9(14)7(11(15)16-2)8(13)6-4-5-17-10(6)12/h4-5,13H,3H2,1-2H3. The van der Waals surface area contributed by atoms with E-state index < -0.39 is 11.5 Å². The second-order valence-electron chi connectivity index (χ2n) is 3.40. The van der Waals surface area contributed by atoms with E-state index in [2.05, 4.69) is 4.74 Å². The zero-order valence-electron chi connectivity index (χ0n) is 9.39. The van der Waals surface area contributed by atoms with Gasteiger partial charge in [-0.3, -0.25) is 9.36 Å². The zero-order chi connectivity index (χ0) is 12.6. The monoisotopic (exact) mass is 253 g/mol. The first kappa shape index (κ1) is 11.7. The van der Waals surface area contributed by atoms with Crippen LogP contribution >= 0.6 is 11.3 Å². The van der Waals surface area contributed by atoms with Crippen molar-refractivity contribution in [2.24, 2.45) is 0 Å². The fourth-order valence-corrected chi connectivity index (χ4v) is 2.69. The summed E-state index contributed by atoms with van der Waals surface area (Å²) in [5.74, 6) is -1.12. The van der Waals surface area contributed by atoms with Crippen molar-refractivity contribution in [3.05, 3.63) is 27.4 Å². The maximum atomic E-state index is 12.0. The van der Waals surface area contributed by atoms with Gasteiger partial charge in [-0.15, -0.1) is 11.3 Å². The molecule has 2 heterocycles. The van der Waals surface area contributed by atoms with E-state index in [0.717, 1.165) is 0 Å². The number of hydrogen-bond donors (Lipinski definition) is 1. The van der Waals surface area contributed by atoms with Crippen LogP contribution in [0, 0.1) is 0 Å². The van der Waals surface area contributed by atoms with E-state index in [1.807, 2.05) is 0 Å². The molecular weight excluding hydrogens is 242 g/mol. The number of aromatic nitrogens is 1. The lowest BCUT2D eigenvalue weighted by Crippen LogP contribution is -2.26. The number of aromatic hydroxyl groups is 1. The number of pyridine rings is 1. The van der Waals surface area contributed by atoms with Gasteiger partial charge in [-0.25, -0.2) is 4.79 Å². The highest BCUT2D eigenvalue weighted by atomic mass is 32.1. The highest BCUT2D eigenvalue weighted by molar-refractivity contribution is 7.16. The molecule has 90 valence electrons. The summed E-state index contributed by atoms with van der Waals surface area (Å²) in [6.45, 7) is 2.23. The molecule has 0 spiro atoms. The summed E-state index contributed by atoms with van der Waals surface area (Å²) in [7, 11) is 1.18. The second kappa shape index (κ2) is 4.21. The molecule has 0 aromatic carbocycles. The number of methoxy groups -OCH3 is 1. The summed E-state index contributed by atoms with van der Waals surface area (Å²) < 4.78 is 5.96. The van der Waals surface area contributed by atoms with Crippen LogP contribution in [0.15, 0.2) is 16.2 Å². The van der Waals surface area contributed by atoms with Crippen LogP contribution in [0.1, 0.15) is 17.3 Å². The molecule has 2 aromatic heterocycles. The van der Waals surface area contributed by atoms with Crippen molar-refractivity contribution < 1.29 is 14.6 Å². The molecule has 0 saturated carbocycles. The number of rotatable bonds is 2. The summed E-state index contributed by atoms with van der Waals surface area (Å²) >= 11 is 1.35. The Hall–Kier alpha value is -1.82. The SMILES string of the molecule is CCn1c(=O)c(C(=O)OC)c(O)c2ccsc21. The predicted octanol–water partition coefficient (Wildman–Crippen LogP) is 1.58. The van der Waals surface area contributed by atoms with E-state index in [1.54, 1.807) is 18.4 Å². The quantitative estimate of drug-likeness (QED) is 0.825. The highest BCUT2D eigenvalue weighted by Crippen LogP contribution is 2.30. The summed E-state index contributed by atoms with van der Waals surface area (Å²) in [6.07, 6.45) is 0. The minimum atomic E-state index is -0.817. The third kappa shape index (κ3) is 1.61. The maximum Gasteiger partial charge on any atom is 0.347 e. The lowest BCUT2D eigenvalue weighted by molar-refractivity contribution is 0.0595. The van der Waals surface area contributed by atoms with Gasteiger partial charge in [-0.1, -0.05) is 0 Å². The predicted molar refractivity (Wildman–Crippen MR) is 64.8 cm³/mol. The van der Waals surface area contributed by atoms with Crippen LogP contribution in [0.5, 0.6) is 5.75 Å². The van der Waals surface area contributed by atoms with Gasteiger partial charge in [-0.2, -0.15) is 0 Å². The van der Waals surface area contributed by atoms with E-state index in [-0.39, 0.29) is 11.3 Å². The smallest absolute Gasteiger partial charge is 0.347 e. The number of carbonyl (C=O) groups is 1. The molecule has 6 heteroatoms. The Morgan fingerprint density at radius 1 is 1.59 bits per heavy atom. The number of fused-ring (bicyclic) bond motifs is 1. The largest absolute Gasteiger partial charge is 0.506 e. The van der Waals surface area contributed by atoms with Crippen LogP contribution in [-0.2, 0) is 11.3 Å². The van der Waals surface area contributed by atoms with Crippen LogP contribution < -0.4 is 5.56 Å². The summed E-state index contributed by atoms with van der Waals surface area (Å²) in [6, 6.07) is 1.67. The topological polar surface area (TPSA) is 68.5 Å². The second-order valence-corrected chi connectivity index (χ2v) is 4.30. The average Bonchev–Trinajstić information content (AvgIpc) is 2.78. The Balaban J connectivity index is 2.93. The summed E-state index contributed by atoms with van der Waals surface area (Å²) in [5.41, 5.74) is -0.827. The molecule has 0 bridgehead atoms. The van der Waals surface area contributed by atoms with Crippen LogP contribution in [0.2, 0.25) is 0 Å². The van der Waals surface area contributed by atoms with Crippen molar-refractivity contribution in [3.8, 4) is 5.75 Å². The molecule has 0 fully saturated rings. The van der Waals surface area contributed by atoms with Gasteiger partial charge in [-0.05, 0) is 18.4 Å². The number of carbonyl (C=O) groups excluding carboxylic acids is 1. The number of aryl methyl sites for hydroxylation is 1. The van der Waals surface area contributed by atoms with Crippen molar-refractivity contribution in [2.75, 3.05) is 7.11 Å². The molecule has 0 atom stereocenters. The molecule has 0 aliphatic carbocycles. The van der Waals surface area contributed by atoms with Crippen molar-refractivity contribution >= 4 is 27.5 Å². The van der Waals surface area contributed by atoms with Gasteiger partial charge < -0.3 is 9.84 Å². The summed E-state index contributed by atoms with van der Waals surface area (Å²) in [5, 5.41) is 12.2. The number of hydrogen-bond acceptors (Lipinski definition) is 5. The Morgan fingerprint density at radius 3 is 2.88 bits per heavy atom. The molecule has 0 unspecified atom stereocenters. The first-order chi connectivity index (χ1) is 8.11. The number of esters is 1. The molecular formula is C11H11NO4S. The Labute approximate surface area is 101 Å². The lowest BCUT2D eigenvalue weighted by atomic mass is 10.2. The van der Waals surface area contributed by atoms with E-state index in [1.165, 1.54) is 23.0 Å². The van der Waals surface area contributed by atoms with Gasteiger partial charge in [0, 0.05) is 6.54 Å². The average molecular weight is 253 g/mol. The van der Waals surface area contributed by atoms with Crippen molar-refractivity contribution in [1.29, 1.82) is 0 Å². The molecule has 2 rings (SSSR count). The van der Waals surface area contributed by atoms with Gasteiger partial charge in [0.25, 0.3) is 5.56 Å². The highest BCUT2D eigenvalue weighted by Gasteiger charge is 2.22. The zero-order valence-corrected chi connectivity index (χ0v) is 10.2. The fraction of sp³-hybridized carbons (Fsp3) is 0.273. The van der Waals surface area contributed by atoms with E-state index in [4.69, 9.17) is 0 Å². The van der Waals surface area contributed by atoms with Gasteiger partial charge in [0.15, 0.2) is 5.56 Å². The Kier molecular flexibility index (Phi) is 2.89. The molecule has 0 aliphatic heterocycles. The molecule has 0 radical (unpaired) electrons. The van der Waals surface area contributed by atoms with E-state index in [9.17, 15) is 14.7 Å². The normalized spacial score (nSPS) is 10.7. The molecule has 0 aliphatic rings.